The molecule has 1 N–H and O–H groups in total. The molecule has 1 heterocycles. The van der Waals surface area contributed by atoms with Gasteiger partial charge in [-0.15, -0.1) is 12.4 Å². The molecule has 1 aromatic rings. The summed E-state index contributed by atoms with van der Waals surface area (Å²) in [5, 5.41) is 3.32. The number of carbonyl (C=O) groups excluding carboxylic acids is 1. The number of amides is 1. The van der Waals surface area contributed by atoms with Gasteiger partial charge in [-0.3, -0.25) is 4.79 Å². The number of rotatable bonds is 3. The molecule has 0 spiro atoms. The van der Waals surface area contributed by atoms with E-state index in [0.717, 1.165) is 25.2 Å². The van der Waals surface area contributed by atoms with E-state index in [9.17, 15) is 9.18 Å². The Kier molecular flexibility index (Phi) is 6.43. The third-order valence-corrected chi connectivity index (χ3v) is 3.53. The molecule has 0 radical (unpaired) electrons. The number of benzene rings is 1. The van der Waals surface area contributed by atoms with Crippen molar-refractivity contribution in [3.63, 3.8) is 0 Å². The van der Waals surface area contributed by atoms with Gasteiger partial charge >= 0.3 is 0 Å². The summed E-state index contributed by atoms with van der Waals surface area (Å²) in [4.78, 5) is 14.2. The first kappa shape index (κ1) is 16.9. The average molecular weight is 301 g/mol. The molecule has 5 heteroatoms. The van der Waals surface area contributed by atoms with Gasteiger partial charge in [0.1, 0.15) is 5.82 Å². The van der Waals surface area contributed by atoms with Crippen LogP contribution >= 0.6 is 12.4 Å². The summed E-state index contributed by atoms with van der Waals surface area (Å²) in [6.07, 6.45) is 0.592. The molecule has 1 aliphatic heterocycles. The predicted octanol–water partition coefficient (Wildman–Crippen LogP) is 2.25. The molecule has 0 bridgehead atoms. The van der Waals surface area contributed by atoms with Gasteiger partial charge in [-0.1, -0.05) is 19.1 Å². The van der Waals surface area contributed by atoms with E-state index in [1.807, 2.05) is 17.9 Å². The van der Waals surface area contributed by atoms with Crippen LogP contribution in [-0.2, 0) is 11.2 Å². The van der Waals surface area contributed by atoms with Crippen molar-refractivity contribution >= 4 is 18.3 Å². The minimum Gasteiger partial charge on any atom is -0.340 e. The first-order valence-corrected chi connectivity index (χ1v) is 6.83. The monoisotopic (exact) mass is 300 g/mol. The zero-order chi connectivity index (χ0) is 13.8. The van der Waals surface area contributed by atoms with E-state index in [4.69, 9.17) is 0 Å². The third-order valence-electron chi connectivity index (χ3n) is 3.53. The van der Waals surface area contributed by atoms with Gasteiger partial charge in [0, 0.05) is 31.6 Å². The van der Waals surface area contributed by atoms with Gasteiger partial charge in [0.15, 0.2) is 0 Å². The molecule has 0 aromatic heterocycles. The molecule has 1 saturated heterocycles. The van der Waals surface area contributed by atoms with Crippen LogP contribution in [0.25, 0.3) is 0 Å². The second-order valence-electron chi connectivity index (χ2n) is 5.37. The van der Waals surface area contributed by atoms with Crippen LogP contribution in [0.1, 0.15) is 19.4 Å². The molecule has 2 atom stereocenters. The van der Waals surface area contributed by atoms with E-state index in [2.05, 4.69) is 12.2 Å². The Hall–Kier alpha value is -1.13. The lowest BCUT2D eigenvalue weighted by atomic mass is 9.99. The molecule has 0 saturated carbocycles. The van der Waals surface area contributed by atoms with E-state index < -0.39 is 0 Å². The van der Waals surface area contributed by atoms with Crippen molar-refractivity contribution in [1.29, 1.82) is 0 Å². The van der Waals surface area contributed by atoms with Crippen LogP contribution in [0.2, 0.25) is 0 Å². The van der Waals surface area contributed by atoms with Crippen LogP contribution in [0, 0.1) is 11.7 Å². The van der Waals surface area contributed by atoms with Crippen LogP contribution in [-0.4, -0.2) is 36.5 Å². The first-order valence-electron chi connectivity index (χ1n) is 6.83. The molecule has 0 aliphatic carbocycles. The maximum atomic E-state index is 13.1. The predicted molar refractivity (Wildman–Crippen MR) is 80.6 cm³/mol. The number of hydrogen-bond acceptors (Lipinski definition) is 2. The van der Waals surface area contributed by atoms with Crippen molar-refractivity contribution in [3.8, 4) is 0 Å². The maximum absolute atomic E-state index is 13.1. The summed E-state index contributed by atoms with van der Waals surface area (Å²) < 4.78 is 13.1. The largest absolute Gasteiger partial charge is 0.340 e. The van der Waals surface area contributed by atoms with Crippen LogP contribution in [0.5, 0.6) is 0 Å². The van der Waals surface area contributed by atoms with Crippen LogP contribution in [0.4, 0.5) is 4.39 Å². The van der Waals surface area contributed by atoms with Gasteiger partial charge in [-0.25, -0.2) is 4.39 Å². The fraction of sp³-hybridized carbons (Fsp3) is 0.533. The lowest BCUT2D eigenvalue weighted by Gasteiger charge is -2.33. The van der Waals surface area contributed by atoms with Crippen LogP contribution in [0.3, 0.4) is 0 Å². The zero-order valence-electron chi connectivity index (χ0n) is 11.9. The topological polar surface area (TPSA) is 32.3 Å². The lowest BCUT2D eigenvalue weighted by Crippen LogP contribution is -2.52. The number of nitrogens with zero attached hydrogens (tertiary/aromatic N) is 1. The number of nitrogens with one attached hydrogen (secondary N) is 1. The molecule has 1 fully saturated rings. The normalized spacial score (nSPS) is 20.1. The maximum Gasteiger partial charge on any atom is 0.225 e. The SMILES string of the molecule is CC1CN(C(=O)C(C)Cc2cccc(F)c2)CCN1.Cl. The molecule has 1 aliphatic rings. The zero-order valence-corrected chi connectivity index (χ0v) is 12.8. The molecule has 2 rings (SSSR count). The van der Waals surface area contributed by atoms with Crippen LogP contribution < -0.4 is 5.32 Å². The van der Waals surface area contributed by atoms with Crippen molar-refractivity contribution in [3.05, 3.63) is 35.6 Å². The summed E-state index contributed by atoms with van der Waals surface area (Å²) in [7, 11) is 0. The molecule has 112 valence electrons. The molecular weight excluding hydrogens is 279 g/mol. The summed E-state index contributed by atoms with van der Waals surface area (Å²) in [6.45, 7) is 6.36. The summed E-state index contributed by atoms with van der Waals surface area (Å²) in [5.74, 6) is -0.183. The molecule has 1 aromatic carbocycles. The molecular formula is C15H22ClFN2O. The summed E-state index contributed by atoms with van der Waals surface area (Å²) in [6, 6.07) is 6.83. The smallest absolute Gasteiger partial charge is 0.225 e. The second kappa shape index (κ2) is 7.60. The van der Waals surface area contributed by atoms with E-state index in [0.29, 0.717) is 12.5 Å². The van der Waals surface area contributed by atoms with Gasteiger partial charge in [-0.2, -0.15) is 0 Å². The Bertz CT molecular complexity index is 455. The molecule has 2 unspecified atom stereocenters. The Morgan fingerprint density at radius 1 is 1.55 bits per heavy atom. The Balaban J connectivity index is 0.00000200. The fourth-order valence-electron chi connectivity index (χ4n) is 2.55. The highest BCUT2D eigenvalue weighted by Gasteiger charge is 2.24. The third kappa shape index (κ3) is 4.46. The van der Waals surface area contributed by atoms with Gasteiger partial charge in [-0.05, 0) is 31.0 Å². The quantitative estimate of drug-likeness (QED) is 0.928. The van der Waals surface area contributed by atoms with Gasteiger partial charge in [0.2, 0.25) is 5.91 Å². The number of piperazine rings is 1. The first-order chi connectivity index (χ1) is 9.06. The van der Waals surface area contributed by atoms with Crippen molar-refractivity contribution in [2.45, 2.75) is 26.3 Å². The molecule has 20 heavy (non-hydrogen) atoms. The van der Waals surface area contributed by atoms with E-state index in [-0.39, 0.29) is 30.0 Å². The molecule has 1 amide bonds. The highest BCUT2D eigenvalue weighted by atomic mass is 35.5. The molecule has 3 nitrogen and oxygen atoms in total. The number of carbonyl (C=O) groups is 1. The van der Waals surface area contributed by atoms with Crippen molar-refractivity contribution in [1.82, 2.24) is 10.2 Å². The summed E-state index contributed by atoms with van der Waals surface area (Å²) in [5.41, 5.74) is 0.879. The lowest BCUT2D eigenvalue weighted by molar-refractivity contribution is -0.136. The van der Waals surface area contributed by atoms with Crippen molar-refractivity contribution in [2.24, 2.45) is 5.92 Å². The minimum atomic E-state index is -0.243. The highest BCUT2D eigenvalue weighted by Crippen LogP contribution is 2.14. The standard InChI is InChI=1S/C15H21FN2O.ClH/c1-11(8-13-4-3-5-14(16)9-13)15(19)18-7-6-17-12(2)10-18;/h3-5,9,11-12,17H,6-8,10H2,1-2H3;1H. The fourth-order valence-corrected chi connectivity index (χ4v) is 2.55. The Morgan fingerprint density at radius 2 is 2.30 bits per heavy atom. The highest BCUT2D eigenvalue weighted by molar-refractivity contribution is 5.85. The van der Waals surface area contributed by atoms with Gasteiger partial charge in [0.25, 0.3) is 0 Å². The second-order valence-corrected chi connectivity index (χ2v) is 5.37. The number of hydrogen-bond donors (Lipinski definition) is 1. The van der Waals surface area contributed by atoms with Gasteiger partial charge in [0.05, 0.1) is 0 Å². The average Bonchev–Trinajstić information content (AvgIpc) is 2.38. The Morgan fingerprint density at radius 3 is 2.95 bits per heavy atom. The van der Waals surface area contributed by atoms with Crippen LogP contribution in [0.15, 0.2) is 24.3 Å². The van der Waals surface area contributed by atoms with E-state index in [1.54, 1.807) is 6.07 Å². The Labute approximate surface area is 125 Å². The van der Waals surface area contributed by atoms with Crippen molar-refractivity contribution < 1.29 is 9.18 Å². The van der Waals surface area contributed by atoms with E-state index in [1.165, 1.54) is 12.1 Å². The van der Waals surface area contributed by atoms with Gasteiger partial charge < -0.3 is 10.2 Å². The minimum absolute atomic E-state index is 0. The van der Waals surface area contributed by atoms with Crippen molar-refractivity contribution in [2.75, 3.05) is 19.6 Å². The summed E-state index contributed by atoms with van der Waals surface area (Å²) >= 11 is 0. The number of halogens is 2. The van der Waals surface area contributed by atoms with E-state index >= 15 is 0 Å².